The lowest BCUT2D eigenvalue weighted by Gasteiger charge is -2.38. The van der Waals surface area contributed by atoms with Crippen molar-refractivity contribution in [2.45, 2.75) is 46.1 Å². The number of carbonyl (C=O) groups excluding carboxylic acids is 1. The molecule has 0 spiro atoms. The van der Waals surface area contributed by atoms with Gasteiger partial charge in [0.15, 0.2) is 0 Å². The Labute approximate surface area is 149 Å². The summed E-state index contributed by atoms with van der Waals surface area (Å²) in [5.41, 5.74) is 10.1. The van der Waals surface area contributed by atoms with Gasteiger partial charge in [0.2, 0.25) is 5.91 Å². The maximum absolute atomic E-state index is 12.8. The highest BCUT2D eigenvalue weighted by Gasteiger charge is 2.29. The van der Waals surface area contributed by atoms with Gasteiger partial charge in [-0.05, 0) is 55.9 Å². The molecule has 0 aliphatic carbocycles. The van der Waals surface area contributed by atoms with E-state index in [9.17, 15) is 4.79 Å². The predicted octanol–water partition coefficient (Wildman–Crippen LogP) is 3.60. The van der Waals surface area contributed by atoms with Crippen molar-refractivity contribution in [3.05, 3.63) is 35.1 Å². The van der Waals surface area contributed by atoms with Gasteiger partial charge < -0.3 is 15.1 Å². The fourth-order valence-corrected chi connectivity index (χ4v) is 3.54. The summed E-state index contributed by atoms with van der Waals surface area (Å²) < 4.78 is 5.65. The smallest absolute Gasteiger partial charge is 0.227 e. The topological polar surface area (TPSA) is 59.5 Å². The summed E-state index contributed by atoms with van der Waals surface area (Å²) in [6.45, 7) is 7.75. The molecule has 0 radical (unpaired) electrons. The van der Waals surface area contributed by atoms with Gasteiger partial charge >= 0.3 is 0 Å². The van der Waals surface area contributed by atoms with E-state index in [-0.39, 0.29) is 24.4 Å². The van der Waals surface area contributed by atoms with E-state index in [0.29, 0.717) is 18.9 Å². The van der Waals surface area contributed by atoms with Gasteiger partial charge in [0.05, 0.1) is 12.7 Å². The van der Waals surface area contributed by atoms with Crippen LogP contribution in [-0.4, -0.2) is 29.9 Å². The second kappa shape index (κ2) is 7.58. The summed E-state index contributed by atoms with van der Waals surface area (Å²) in [5.74, 6) is 0.807. The summed E-state index contributed by atoms with van der Waals surface area (Å²) in [6.07, 6.45) is 4.19. The third kappa shape index (κ3) is 3.60. The number of piperidine rings is 1. The molecule has 132 valence electrons. The van der Waals surface area contributed by atoms with Crippen LogP contribution < -0.4 is 5.73 Å². The molecule has 5 heteroatoms. The molecule has 1 aliphatic rings. The van der Waals surface area contributed by atoms with E-state index in [1.807, 2.05) is 11.0 Å². The Bertz CT molecular complexity index is 725. The molecular formula is C19H27ClN2O2. The summed E-state index contributed by atoms with van der Waals surface area (Å²) in [7, 11) is 0. The van der Waals surface area contributed by atoms with Gasteiger partial charge in [-0.15, -0.1) is 12.4 Å². The second-order valence-electron chi connectivity index (χ2n) is 6.98. The van der Waals surface area contributed by atoms with Crippen LogP contribution in [0.1, 0.15) is 36.5 Å². The summed E-state index contributed by atoms with van der Waals surface area (Å²) in [6, 6.07) is 4.34. The highest BCUT2D eigenvalue weighted by molar-refractivity contribution is 5.88. The Kier molecular flexibility index (Phi) is 5.94. The van der Waals surface area contributed by atoms with E-state index < -0.39 is 0 Å². The predicted molar refractivity (Wildman–Crippen MR) is 99.6 cm³/mol. The molecule has 2 aromatic rings. The maximum atomic E-state index is 12.8. The molecule has 4 nitrogen and oxygen atoms in total. The number of halogens is 1. The van der Waals surface area contributed by atoms with Gasteiger partial charge in [-0.25, -0.2) is 0 Å². The van der Waals surface area contributed by atoms with Crippen molar-refractivity contribution >= 4 is 29.3 Å². The van der Waals surface area contributed by atoms with Gasteiger partial charge in [0.1, 0.15) is 5.58 Å². The maximum Gasteiger partial charge on any atom is 0.227 e. The molecule has 0 saturated carbocycles. The average molecular weight is 351 g/mol. The van der Waals surface area contributed by atoms with Crippen LogP contribution >= 0.6 is 12.4 Å². The Hall–Kier alpha value is -1.52. The second-order valence-corrected chi connectivity index (χ2v) is 6.98. The normalized spacial score (nSPS) is 20.9. The Balaban J connectivity index is 0.00000208. The zero-order valence-electron chi connectivity index (χ0n) is 14.7. The van der Waals surface area contributed by atoms with Gasteiger partial charge in [-0.2, -0.15) is 0 Å². The molecule has 1 aromatic heterocycles. The fraction of sp³-hybridized carbons (Fsp3) is 0.526. The highest BCUT2D eigenvalue weighted by Crippen LogP contribution is 2.27. The number of nitrogens with zero attached hydrogens (tertiary/aromatic N) is 1. The van der Waals surface area contributed by atoms with Gasteiger partial charge in [0.25, 0.3) is 0 Å². The number of hydrogen-bond donors (Lipinski definition) is 1. The number of benzene rings is 1. The summed E-state index contributed by atoms with van der Waals surface area (Å²) >= 11 is 0. The molecule has 1 amide bonds. The SMILES string of the molecule is Cc1cc2occ(CC(=O)N3CCC(C)CC3CN)c2cc1C.Cl. The van der Waals surface area contributed by atoms with Crippen molar-refractivity contribution in [1.29, 1.82) is 0 Å². The average Bonchev–Trinajstić information content (AvgIpc) is 2.89. The van der Waals surface area contributed by atoms with E-state index in [0.717, 1.165) is 35.9 Å². The molecule has 1 aliphatic heterocycles. The van der Waals surface area contributed by atoms with Crippen molar-refractivity contribution < 1.29 is 9.21 Å². The molecule has 2 heterocycles. The number of furan rings is 1. The first-order valence-electron chi connectivity index (χ1n) is 8.46. The minimum Gasteiger partial charge on any atom is -0.464 e. The lowest BCUT2D eigenvalue weighted by molar-refractivity contribution is -0.134. The van der Waals surface area contributed by atoms with Crippen LogP contribution in [0.4, 0.5) is 0 Å². The molecule has 3 rings (SSSR count). The van der Waals surface area contributed by atoms with E-state index in [1.54, 1.807) is 6.26 Å². The number of fused-ring (bicyclic) bond motifs is 1. The molecular weight excluding hydrogens is 324 g/mol. The van der Waals surface area contributed by atoms with E-state index in [4.69, 9.17) is 10.2 Å². The minimum atomic E-state index is 0. The Morgan fingerprint density at radius 1 is 1.33 bits per heavy atom. The summed E-state index contributed by atoms with van der Waals surface area (Å²) in [5, 5.41) is 1.05. The molecule has 0 bridgehead atoms. The lowest BCUT2D eigenvalue weighted by Crippen LogP contribution is -2.49. The Morgan fingerprint density at radius 3 is 2.75 bits per heavy atom. The molecule has 1 fully saturated rings. The van der Waals surface area contributed by atoms with E-state index in [1.165, 1.54) is 11.1 Å². The standard InChI is InChI=1S/C19H26N2O2.ClH/c1-12-4-5-21(16(6-12)10-20)19(22)9-15-11-23-18-8-14(3)13(2)7-17(15)18;/h7-8,11-12,16H,4-6,9-10,20H2,1-3H3;1H. The number of likely N-dealkylation sites (tertiary alicyclic amines) is 1. The van der Waals surface area contributed by atoms with Crippen LogP contribution in [0.15, 0.2) is 22.8 Å². The van der Waals surface area contributed by atoms with Crippen LogP contribution in [-0.2, 0) is 11.2 Å². The molecule has 1 aromatic carbocycles. The van der Waals surface area contributed by atoms with Crippen molar-refractivity contribution in [3.8, 4) is 0 Å². The molecule has 2 unspecified atom stereocenters. The van der Waals surface area contributed by atoms with Crippen molar-refractivity contribution in [2.24, 2.45) is 11.7 Å². The molecule has 1 saturated heterocycles. The van der Waals surface area contributed by atoms with E-state index >= 15 is 0 Å². The summed E-state index contributed by atoms with van der Waals surface area (Å²) in [4.78, 5) is 14.7. The molecule has 2 N–H and O–H groups in total. The third-order valence-electron chi connectivity index (χ3n) is 5.18. The van der Waals surface area contributed by atoms with Gasteiger partial charge in [-0.3, -0.25) is 4.79 Å². The zero-order valence-corrected chi connectivity index (χ0v) is 15.5. The number of aryl methyl sites for hydroxylation is 2. The zero-order chi connectivity index (χ0) is 16.6. The molecule has 2 atom stereocenters. The van der Waals surface area contributed by atoms with Crippen LogP contribution in [0.5, 0.6) is 0 Å². The molecule has 24 heavy (non-hydrogen) atoms. The Morgan fingerprint density at radius 2 is 2.04 bits per heavy atom. The monoisotopic (exact) mass is 350 g/mol. The highest BCUT2D eigenvalue weighted by atomic mass is 35.5. The van der Waals surface area contributed by atoms with Crippen molar-refractivity contribution in [3.63, 3.8) is 0 Å². The van der Waals surface area contributed by atoms with Gasteiger partial charge in [0, 0.05) is 30.1 Å². The first kappa shape index (κ1) is 18.8. The van der Waals surface area contributed by atoms with Crippen molar-refractivity contribution in [2.75, 3.05) is 13.1 Å². The number of nitrogens with two attached hydrogens (primary N) is 1. The quantitative estimate of drug-likeness (QED) is 0.920. The van der Waals surface area contributed by atoms with Gasteiger partial charge in [-0.1, -0.05) is 6.92 Å². The fourth-order valence-electron chi connectivity index (χ4n) is 3.54. The third-order valence-corrected chi connectivity index (χ3v) is 5.18. The number of amides is 1. The first-order chi connectivity index (χ1) is 11.0. The number of hydrogen-bond acceptors (Lipinski definition) is 3. The number of rotatable bonds is 3. The van der Waals surface area contributed by atoms with Crippen molar-refractivity contribution in [1.82, 2.24) is 4.90 Å². The lowest BCUT2D eigenvalue weighted by atomic mass is 9.92. The van der Waals surface area contributed by atoms with Crippen LogP contribution in [0.25, 0.3) is 11.0 Å². The first-order valence-corrected chi connectivity index (χ1v) is 8.46. The largest absolute Gasteiger partial charge is 0.464 e. The van der Waals surface area contributed by atoms with Crippen LogP contribution in [0, 0.1) is 19.8 Å². The van der Waals surface area contributed by atoms with Crippen LogP contribution in [0.2, 0.25) is 0 Å². The minimum absolute atomic E-state index is 0. The number of carbonyl (C=O) groups is 1. The van der Waals surface area contributed by atoms with Crippen LogP contribution in [0.3, 0.4) is 0 Å². The van der Waals surface area contributed by atoms with E-state index in [2.05, 4.69) is 26.8 Å².